The molecule has 0 amide bonds. The van der Waals surface area contributed by atoms with Gasteiger partial charge < -0.3 is 9.84 Å². The summed E-state index contributed by atoms with van der Waals surface area (Å²) in [7, 11) is 0. The summed E-state index contributed by atoms with van der Waals surface area (Å²) < 4.78 is 5.88. The van der Waals surface area contributed by atoms with E-state index in [-0.39, 0.29) is 51.7 Å². The fraction of sp³-hybridized carbons (Fsp3) is 0.875. The molecule has 0 aromatic carbocycles. The molecule has 0 aromatic rings. The number of ether oxygens (including phenoxy) is 1. The molecular weight excluding hydrogens is 448 g/mol. The molecule has 5 rings (SSSR count). The Bertz CT molecular complexity index is 992. The van der Waals surface area contributed by atoms with Gasteiger partial charge >= 0.3 is 5.97 Å². The van der Waals surface area contributed by atoms with Gasteiger partial charge in [0.05, 0.1) is 6.61 Å². The Morgan fingerprint density at radius 2 is 1.64 bits per heavy atom. The fourth-order valence-electron chi connectivity index (χ4n) is 11.3. The number of Topliss-reactive ketones (excluding diaryl/α,β-unsaturated/α-hetero) is 1. The summed E-state index contributed by atoms with van der Waals surface area (Å²) in [5, 5.41) is 10.7. The van der Waals surface area contributed by atoms with Crippen molar-refractivity contribution < 1.29 is 19.4 Å². The zero-order valence-electron chi connectivity index (χ0n) is 24.1. The van der Waals surface area contributed by atoms with Gasteiger partial charge in [-0.3, -0.25) is 9.59 Å². The average molecular weight is 499 g/mol. The van der Waals surface area contributed by atoms with Crippen LogP contribution in [0.1, 0.15) is 113 Å². The molecule has 0 bridgehead atoms. The minimum absolute atomic E-state index is 0.00691. The summed E-state index contributed by atoms with van der Waals surface area (Å²) in [6.07, 6.45) is 9.36. The lowest BCUT2D eigenvalue weighted by atomic mass is 9.33. The van der Waals surface area contributed by atoms with Crippen LogP contribution in [0.2, 0.25) is 0 Å². The number of allylic oxidation sites excluding steroid dienone is 1. The fourth-order valence-corrected chi connectivity index (χ4v) is 11.3. The molecule has 8 atom stereocenters. The lowest BCUT2D eigenvalue weighted by Crippen LogP contribution is -2.65. The van der Waals surface area contributed by atoms with Gasteiger partial charge in [-0.05, 0) is 96.9 Å². The van der Waals surface area contributed by atoms with Crippen molar-refractivity contribution >= 4 is 11.8 Å². The SMILES string of the molecule is CC(=O)O[C@H]1CCC2(C)C(CCC3(C)C2CCC2C4=C(C(C)C)C(=O)CC4(CO)CC[C@]23C)C1(C)C. The zero-order valence-corrected chi connectivity index (χ0v) is 24.1. The number of ketones is 1. The van der Waals surface area contributed by atoms with Gasteiger partial charge in [0, 0.05) is 24.2 Å². The van der Waals surface area contributed by atoms with Crippen molar-refractivity contribution in [1.82, 2.24) is 0 Å². The second-order valence-electron chi connectivity index (χ2n) is 15.1. The number of carbonyl (C=O) groups excluding carboxylic acids is 2. The third-order valence-corrected chi connectivity index (χ3v) is 13.1. The maximum atomic E-state index is 13.3. The number of aliphatic hydroxyl groups excluding tert-OH is 1. The van der Waals surface area contributed by atoms with Gasteiger partial charge in [-0.15, -0.1) is 0 Å². The third-order valence-electron chi connectivity index (χ3n) is 13.1. The number of hydrogen-bond donors (Lipinski definition) is 1. The summed E-state index contributed by atoms with van der Waals surface area (Å²) in [5.74, 6) is 1.94. The quantitative estimate of drug-likeness (QED) is 0.430. The lowest BCUT2D eigenvalue weighted by Gasteiger charge is -2.72. The normalized spacial score (nSPS) is 47.7. The molecule has 0 aromatic heterocycles. The maximum Gasteiger partial charge on any atom is 0.302 e. The Morgan fingerprint density at radius 1 is 0.944 bits per heavy atom. The van der Waals surface area contributed by atoms with E-state index in [0.29, 0.717) is 30.0 Å². The van der Waals surface area contributed by atoms with E-state index in [9.17, 15) is 14.7 Å². The molecule has 1 N–H and O–H groups in total. The predicted octanol–water partition coefficient (Wildman–Crippen LogP) is 6.89. The van der Waals surface area contributed by atoms with Crippen molar-refractivity contribution in [1.29, 1.82) is 0 Å². The van der Waals surface area contributed by atoms with Gasteiger partial charge in [0.2, 0.25) is 0 Å². The van der Waals surface area contributed by atoms with Gasteiger partial charge in [-0.2, -0.15) is 0 Å². The smallest absolute Gasteiger partial charge is 0.302 e. The summed E-state index contributed by atoms with van der Waals surface area (Å²) in [6.45, 7) is 18.4. The standard InChI is InChI=1S/C32H50O4/c1-19(2)26-22(35)17-32(18-33)16-15-30(7)21(27(26)32)9-10-24-29(6)13-12-25(36-20(3)34)28(4,5)23(29)11-14-31(24,30)8/h19,21,23-25,33H,9-18H2,1-8H3/t21?,23?,24?,25-,29?,30+,31?,32?/m0/s1. The number of hydrogen-bond acceptors (Lipinski definition) is 4. The number of esters is 1. The first-order valence-electron chi connectivity index (χ1n) is 14.7. The molecule has 4 saturated carbocycles. The highest BCUT2D eigenvalue weighted by atomic mass is 16.5. The molecule has 0 aliphatic heterocycles. The highest BCUT2D eigenvalue weighted by Crippen LogP contribution is 2.76. The number of carbonyl (C=O) groups is 2. The number of rotatable bonds is 3. The number of aliphatic hydroxyl groups is 1. The molecule has 5 aliphatic rings. The molecular formula is C32H50O4. The summed E-state index contributed by atoms with van der Waals surface area (Å²) >= 11 is 0. The molecule has 36 heavy (non-hydrogen) atoms. The summed E-state index contributed by atoms with van der Waals surface area (Å²) in [5.41, 5.74) is 2.66. The van der Waals surface area contributed by atoms with Gasteiger partial charge in [-0.25, -0.2) is 0 Å². The molecule has 0 spiro atoms. The van der Waals surface area contributed by atoms with Crippen LogP contribution in [-0.2, 0) is 14.3 Å². The molecule has 4 nitrogen and oxygen atoms in total. The second kappa shape index (κ2) is 8.17. The van der Waals surface area contributed by atoms with Gasteiger partial charge in [-0.1, -0.05) is 54.0 Å². The summed E-state index contributed by atoms with van der Waals surface area (Å²) in [6, 6.07) is 0. The first kappa shape index (κ1) is 26.4. The summed E-state index contributed by atoms with van der Waals surface area (Å²) in [4.78, 5) is 25.2. The molecule has 0 saturated heterocycles. The van der Waals surface area contributed by atoms with Crippen LogP contribution in [-0.4, -0.2) is 29.6 Å². The molecule has 6 unspecified atom stereocenters. The van der Waals surface area contributed by atoms with E-state index in [0.717, 1.165) is 37.7 Å². The van der Waals surface area contributed by atoms with Crippen molar-refractivity contribution in [2.24, 2.45) is 50.7 Å². The van der Waals surface area contributed by atoms with E-state index in [1.165, 1.54) is 24.8 Å². The van der Waals surface area contributed by atoms with E-state index in [2.05, 4.69) is 48.5 Å². The van der Waals surface area contributed by atoms with Gasteiger partial charge in [0.1, 0.15) is 6.10 Å². The van der Waals surface area contributed by atoms with Crippen LogP contribution in [0.5, 0.6) is 0 Å². The predicted molar refractivity (Wildman–Crippen MR) is 142 cm³/mol. The molecule has 4 heteroatoms. The Labute approximate surface area is 219 Å². The van der Waals surface area contributed by atoms with Crippen molar-refractivity contribution in [3.8, 4) is 0 Å². The number of fused-ring (bicyclic) bond motifs is 7. The molecule has 5 aliphatic carbocycles. The van der Waals surface area contributed by atoms with Crippen LogP contribution >= 0.6 is 0 Å². The van der Waals surface area contributed by atoms with E-state index >= 15 is 0 Å². The monoisotopic (exact) mass is 498 g/mol. The highest BCUT2D eigenvalue weighted by Gasteiger charge is 2.70. The molecule has 4 fully saturated rings. The van der Waals surface area contributed by atoms with E-state index in [1.54, 1.807) is 6.92 Å². The average Bonchev–Trinajstić information content (AvgIpc) is 3.09. The van der Waals surface area contributed by atoms with Crippen molar-refractivity contribution in [2.45, 2.75) is 119 Å². The van der Waals surface area contributed by atoms with Crippen LogP contribution in [0.3, 0.4) is 0 Å². The lowest BCUT2D eigenvalue weighted by molar-refractivity contribution is -0.233. The van der Waals surface area contributed by atoms with E-state index < -0.39 is 0 Å². The third kappa shape index (κ3) is 3.21. The first-order chi connectivity index (χ1) is 16.7. The zero-order chi connectivity index (χ0) is 26.5. The van der Waals surface area contributed by atoms with Crippen LogP contribution < -0.4 is 0 Å². The Hall–Kier alpha value is -1.16. The molecule has 0 radical (unpaired) electrons. The van der Waals surface area contributed by atoms with Crippen LogP contribution in [0.4, 0.5) is 0 Å². The van der Waals surface area contributed by atoms with Crippen LogP contribution in [0.15, 0.2) is 11.1 Å². The second-order valence-corrected chi connectivity index (χ2v) is 15.1. The molecule has 202 valence electrons. The van der Waals surface area contributed by atoms with Crippen LogP contribution in [0, 0.1) is 50.7 Å². The van der Waals surface area contributed by atoms with E-state index in [4.69, 9.17) is 4.74 Å². The topological polar surface area (TPSA) is 63.6 Å². The Kier molecular flexibility index (Phi) is 6.00. The largest absolute Gasteiger partial charge is 0.462 e. The Morgan fingerprint density at radius 3 is 2.25 bits per heavy atom. The van der Waals surface area contributed by atoms with Crippen molar-refractivity contribution in [3.05, 3.63) is 11.1 Å². The van der Waals surface area contributed by atoms with Crippen LogP contribution in [0.25, 0.3) is 0 Å². The first-order valence-corrected chi connectivity index (χ1v) is 14.7. The maximum absolute atomic E-state index is 13.3. The minimum Gasteiger partial charge on any atom is -0.462 e. The van der Waals surface area contributed by atoms with Crippen molar-refractivity contribution in [2.75, 3.05) is 6.61 Å². The van der Waals surface area contributed by atoms with Gasteiger partial charge in [0.15, 0.2) is 5.78 Å². The molecule has 0 heterocycles. The Balaban J connectivity index is 1.55. The van der Waals surface area contributed by atoms with Crippen molar-refractivity contribution in [3.63, 3.8) is 0 Å². The van der Waals surface area contributed by atoms with E-state index in [1.807, 2.05) is 0 Å². The minimum atomic E-state index is -0.310. The highest BCUT2D eigenvalue weighted by molar-refractivity contribution is 6.00. The van der Waals surface area contributed by atoms with Gasteiger partial charge in [0.25, 0.3) is 0 Å².